The van der Waals surface area contributed by atoms with Gasteiger partial charge >= 0.3 is 0 Å². The highest BCUT2D eigenvalue weighted by atomic mass is 16.3. The summed E-state index contributed by atoms with van der Waals surface area (Å²) in [4.78, 5) is 16.7. The molecule has 1 aliphatic heterocycles. The molecule has 0 aromatic rings. The predicted octanol–water partition coefficient (Wildman–Crippen LogP) is 0.822. The Kier molecular flexibility index (Phi) is 6.45. The van der Waals surface area contributed by atoms with Crippen molar-refractivity contribution in [1.82, 2.24) is 15.1 Å². The molecule has 1 aliphatic carbocycles. The number of hydrogen-bond donors (Lipinski definition) is 2. The first-order valence-electron chi connectivity index (χ1n) is 8.48. The number of amides is 1. The van der Waals surface area contributed by atoms with E-state index in [-0.39, 0.29) is 12.0 Å². The Bertz CT molecular complexity index is 329. The molecular weight excluding hydrogens is 266 g/mol. The Balaban J connectivity index is 1.64. The van der Waals surface area contributed by atoms with Crippen molar-refractivity contribution in [1.29, 1.82) is 0 Å². The summed E-state index contributed by atoms with van der Waals surface area (Å²) in [6.07, 6.45) is 5.17. The fraction of sp³-hybridized carbons (Fsp3) is 0.938. The molecule has 0 unspecified atom stereocenters. The number of β-amino-alcohol motifs (C(OH)–C–C–N with tert-alkyl or cyclic N) is 1. The molecule has 2 N–H and O–H groups in total. The predicted molar refractivity (Wildman–Crippen MR) is 84.2 cm³/mol. The lowest BCUT2D eigenvalue weighted by molar-refractivity contribution is -0.122. The van der Waals surface area contributed by atoms with Crippen molar-refractivity contribution < 1.29 is 9.90 Å². The van der Waals surface area contributed by atoms with E-state index < -0.39 is 0 Å². The molecule has 1 saturated carbocycles. The lowest BCUT2D eigenvalue weighted by atomic mass is 10.1. The third kappa shape index (κ3) is 5.57. The Morgan fingerprint density at radius 2 is 2.05 bits per heavy atom. The topological polar surface area (TPSA) is 55.8 Å². The summed E-state index contributed by atoms with van der Waals surface area (Å²) in [7, 11) is 0. The largest absolute Gasteiger partial charge is 0.392 e. The first-order valence-corrected chi connectivity index (χ1v) is 8.48. The summed E-state index contributed by atoms with van der Waals surface area (Å²) < 4.78 is 0. The monoisotopic (exact) mass is 297 g/mol. The van der Waals surface area contributed by atoms with Crippen molar-refractivity contribution in [3.8, 4) is 0 Å². The van der Waals surface area contributed by atoms with E-state index in [4.69, 9.17) is 0 Å². The summed E-state index contributed by atoms with van der Waals surface area (Å²) in [5.41, 5.74) is 0. The van der Waals surface area contributed by atoms with Gasteiger partial charge in [0.1, 0.15) is 0 Å². The van der Waals surface area contributed by atoms with Gasteiger partial charge in [-0.25, -0.2) is 0 Å². The minimum Gasteiger partial charge on any atom is -0.392 e. The smallest absolute Gasteiger partial charge is 0.221 e. The number of piperazine rings is 1. The van der Waals surface area contributed by atoms with Crippen LogP contribution in [0, 0.1) is 0 Å². The summed E-state index contributed by atoms with van der Waals surface area (Å²) in [5, 5.41) is 12.6. The molecule has 0 aromatic carbocycles. The summed E-state index contributed by atoms with van der Waals surface area (Å²) in [6, 6.07) is 0.880. The lowest BCUT2D eigenvalue weighted by Crippen LogP contribution is -2.53. The van der Waals surface area contributed by atoms with Crippen LogP contribution in [0.4, 0.5) is 0 Å². The van der Waals surface area contributed by atoms with Crippen LogP contribution in [0.3, 0.4) is 0 Å². The van der Waals surface area contributed by atoms with Crippen molar-refractivity contribution in [2.45, 2.75) is 64.1 Å². The van der Waals surface area contributed by atoms with E-state index in [0.717, 1.165) is 45.6 Å². The fourth-order valence-electron chi connectivity index (χ4n) is 3.51. The highest BCUT2D eigenvalue weighted by molar-refractivity contribution is 5.76. The third-order valence-electron chi connectivity index (χ3n) is 4.72. The number of hydrogen-bond acceptors (Lipinski definition) is 4. The molecule has 1 saturated heterocycles. The van der Waals surface area contributed by atoms with E-state index in [2.05, 4.69) is 22.0 Å². The van der Waals surface area contributed by atoms with Gasteiger partial charge < -0.3 is 15.3 Å². The van der Waals surface area contributed by atoms with E-state index in [1.54, 1.807) is 0 Å². The molecule has 2 aliphatic rings. The zero-order valence-corrected chi connectivity index (χ0v) is 13.6. The Morgan fingerprint density at radius 3 is 2.67 bits per heavy atom. The molecule has 2 rings (SSSR count). The second-order valence-electron chi connectivity index (χ2n) is 6.79. The molecule has 21 heavy (non-hydrogen) atoms. The molecule has 1 heterocycles. The summed E-state index contributed by atoms with van der Waals surface area (Å²) in [6.45, 7) is 8.61. The van der Waals surface area contributed by atoms with Gasteiger partial charge in [-0.3, -0.25) is 9.69 Å². The summed E-state index contributed by atoms with van der Waals surface area (Å²) >= 11 is 0. The first kappa shape index (κ1) is 16.7. The molecule has 2 fully saturated rings. The number of aliphatic hydroxyl groups is 1. The highest BCUT2D eigenvalue weighted by Crippen LogP contribution is 2.17. The molecule has 5 heteroatoms. The Labute approximate surface area is 128 Å². The van der Waals surface area contributed by atoms with Gasteiger partial charge in [0.2, 0.25) is 5.91 Å². The quantitative estimate of drug-likeness (QED) is 0.762. The van der Waals surface area contributed by atoms with E-state index in [9.17, 15) is 9.90 Å². The Morgan fingerprint density at radius 1 is 1.33 bits per heavy atom. The van der Waals surface area contributed by atoms with E-state index in [1.807, 2.05) is 6.92 Å². The molecule has 122 valence electrons. The minimum atomic E-state index is -0.267. The van der Waals surface area contributed by atoms with Gasteiger partial charge in [-0.1, -0.05) is 12.8 Å². The summed E-state index contributed by atoms with van der Waals surface area (Å²) in [5.74, 6) is 0.209. The normalized spacial score (nSPS) is 26.9. The number of rotatable bonds is 6. The van der Waals surface area contributed by atoms with E-state index in [0.29, 0.717) is 18.5 Å². The van der Waals surface area contributed by atoms with E-state index in [1.165, 1.54) is 12.8 Å². The number of nitrogens with zero attached hydrogens (tertiary/aromatic N) is 2. The molecule has 0 bridgehead atoms. The van der Waals surface area contributed by atoms with Gasteiger partial charge in [0.05, 0.1) is 6.10 Å². The van der Waals surface area contributed by atoms with Gasteiger partial charge in [-0.2, -0.15) is 0 Å². The van der Waals surface area contributed by atoms with Crippen LogP contribution in [0.15, 0.2) is 0 Å². The van der Waals surface area contributed by atoms with Crippen LogP contribution in [-0.2, 0) is 4.79 Å². The standard InChI is InChI=1S/C16H31N3O2/c1-13-11-18(9-10-19(13)12-14(2)20)8-7-16(21)17-15-5-3-4-6-15/h13-15,20H,3-12H2,1-2H3,(H,17,21)/t13-,14-/m1/s1. The van der Waals surface area contributed by atoms with Crippen molar-refractivity contribution in [3.05, 3.63) is 0 Å². The van der Waals surface area contributed by atoms with Gasteiger partial charge in [-0.15, -0.1) is 0 Å². The maximum Gasteiger partial charge on any atom is 0.221 e. The van der Waals surface area contributed by atoms with Gasteiger partial charge in [0.15, 0.2) is 0 Å². The van der Waals surface area contributed by atoms with Crippen LogP contribution >= 0.6 is 0 Å². The zero-order valence-electron chi connectivity index (χ0n) is 13.6. The maximum absolute atomic E-state index is 12.0. The van der Waals surface area contributed by atoms with Gasteiger partial charge in [0.25, 0.3) is 0 Å². The SMILES string of the molecule is C[C@@H]1CN(CCC(=O)NC2CCCC2)CCN1C[C@@H](C)O. The number of carbonyl (C=O) groups is 1. The zero-order chi connectivity index (χ0) is 15.2. The van der Waals surface area contributed by atoms with Crippen LogP contribution in [0.25, 0.3) is 0 Å². The van der Waals surface area contributed by atoms with E-state index >= 15 is 0 Å². The molecular formula is C16H31N3O2. The molecule has 0 aromatic heterocycles. The van der Waals surface area contributed by atoms with Crippen LogP contribution in [0.5, 0.6) is 0 Å². The van der Waals surface area contributed by atoms with Crippen LogP contribution in [0.2, 0.25) is 0 Å². The fourth-order valence-corrected chi connectivity index (χ4v) is 3.51. The van der Waals surface area contributed by atoms with Crippen LogP contribution in [-0.4, -0.2) is 71.7 Å². The van der Waals surface area contributed by atoms with Crippen molar-refractivity contribution in [2.24, 2.45) is 0 Å². The van der Waals surface area contributed by atoms with Crippen molar-refractivity contribution >= 4 is 5.91 Å². The average molecular weight is 297 g/mol. The van der Waals surface area contributed by atoms with Crippen molar-refractivity contribution in [3.63, 3.8) is 0 Å². The molecule has 5 nitrogen and oxygen atoms in total. The maximum atomic E-state index is 12.0. The second-order valence-corrected chi connectivity index (χ2v) is 6.79. The number of aliphatic hydroxyl groups excluding tert-OH is 1. The van der Waals surface area contributed by atoms with Crippen LogP contribution in [0.1, 0.15) is 46.0 Å². The molecule has 2 atom stereocenters. The molecule has 0 spiro atoms. The van der Waals surface area contributed by atoms with Crippen LogP contribution < -0.4 is 5.32 Å². The lowest BCUT2D eigenvalue weighted by Gasteiger charge is -2.40. The van der Waals surface area contributed by atoms with Gasteiger partial charge in [0, 0.05) is 51.2 Å². The average Bonchev–Trinajstić information content (AvgIpc) is 2.91. The molecule has 1 amide bonds. The third-order valence-corrected chi connectivity index (χ3v) is 4.72. The molecule has 0 radical (unpaired) electrons. The number of nitrogens with one attached hydrogen (secondary N) is 1. The second kappa shape index (κ2) is 8.11. The Hall–Kier alpha value is -0.650. The minimum absolute atomic E-state index is 0.209. The van der Waals surface area contributed by atoms with Gasteiger partial charge in [-0.05, 0) is 26.7 Å². The first-order chi connectivity index (χ1) is 10.0. The van der Waals surface area contributed by atoms with Crippen molar-refractivity contribution in [2.75, 3.05) is 32.7 Å². The highest BCUT2D eigenvalue weighted by Gasteiger charge is 2.25. The number of carbonyl (C=O) groups excluding carboxylic acids is 1.